The highest BCUT2D eigenvalue weighted by Gasteiger charge is 2.11. The van der Waals surface area contributed by atoms with Crippen LogP contribution in [0.2, 0.25) is 0 Å². The van der Waals surface area contributed by atoms with Crippen LogP contribution in [0.25, 0.3) is 0 Å². The van der Waals surface area contributed by atoms with E-state index in [1.54, 1.807) is 13.0 Å². The van der Waals surface area contributed by atoms with Crippen LogP contribution in [0.3, 0.4) is 0 Å². The van der Waals surface area contributed by atoms with Gasteiger partial charge in [0.1, 0.15) is 5.82 Å². The minimum atomic E-state index is -0.407. The van der Waals surface area contributed by atoms with Gasteiger partial charge in [-0.1, -0.05) is 6.08 Å². The molecule has 5 nitrogen and oxygen atoms in total. The van der Waals surface area contributed by atoms with Crippen LogP contribution in [0.5, 0.6) is 0 Å². The van der Waals surface area contributed by atoms with Crippen LogP contribution in [0, 0.1) is 17.0 Å². The third-order valence-corrected chi connectivity index (χ3v) is 1.93. The van der Waals surface area contributed by atoms with Crippen LogP contribution >= 0.6 is 0 Å². The Balaban J connectivity index is 2.78. The number of pyridine rings is 1. The Morgan fingerprint density at radius 1 is 1.73 bits per heavy atom. The summed E-state index contributed by atoms with van der Waals surface area (Å²) in [6.45, 7) is 5.93. The van der Waals surface area contributed by atoms with Gasteiger partial charge in [0.2, 0.25) is 0 Å². The number of hydrogen-bond donors (Lipinski definition) is 1. The van der Waals surface area contributed by atoms with E-state index in [2.05, 4.69) is 16.9 Å². The predicted octanol–water partition coefficient (Wildman–Crippen LogP) is 2.29. The van der Waals surface area contributed by atoms with E-state index in [1.807, 2.05) is 0 Å². The Labute approximate surface area is 88.0 Å². The van der Waals surface area contributed by atoms with E-state index in [0.717, 1.165) is 6.42 Å². The lowest BCUT2D eigenvalue weighted by Gasteiger charge is -2.04. The average molecular weight is 207 g/mol. The van der Waals surface area contributed by atoms with E-state index in [-0.39, 0.29) is 5.69 Å². The topological polar surface area (TPSA) is 68.1 Å². The van der Waals surface area contributed by atoms with E-state index < -0.39 is 4.92 Å². The van der Waals surface area contributed by atoms with Crippen LogP contribution in [0.4, 0.5) is 11.5 Å². The van der Waals surface area contributed by atoms with Crippen molar-refractivity contribution in [3.8, 4) is 0 Å². The summed E-state index contributed by atoms with van der Waals surface area (Å²) >= 11 is 0. The average Bonchev–Trinajstić information content (AvgIpc) is 2.20. The molecule has 1 rings (SSSR count). The molecule has 0 aliphatic rings. The Kier molecular flexibility index (Phi) is 3.79. The number of nitro groups is 1. The molecule has 0 fully saturated rings. The normalized spacial score (nSPS) is 9.67. The van der Waals surface area contributed by atoms with E-state index >= 15 is 0 Å². The van der Waals surface area contributed by atoms with Crippen LogP contribution in [0.1, 0.15) is 12.0 Å². The van der Waals surface area contributed by atoms with Crippen LogP contribution in [-0.4, -0.2) is 16.5 Å². The number of anilines is 1. The Hall–Kier alpha value is -1.91. The molecular formula is C10H13N3O2. The number of rotatable bonds is 5. The molecule has 0 spiro atoms. The first-order valence-corrected chi connectivity index (χ1v) is 4.61. The minimum absolute atomic E-state index is 0.0890. The molecule has 80 valence electrons. The maximum atomic E-state index is 10.6. The number of aromatic nitrogens is 1. The molecule has 0 saturated heterocycles. The van der Waals surface area contributed by atoms with Crippen molar-refractivity contribution in [3.05, 3.63) is 40.6 Å². The molecular weight excluding hydrogens is 194 g/mol. The first-order chi connectivity index (χ1) is 7.15. The van der Waals surface area contributed by atoms with E-state index in [4.69, 9.17) is 0 Å². The van der Waals surface area contributed by atoms with Crippen molar-refractivity contribution in [2.75, 3.05) is 11.9 Å². The van der Waals surface area contributed by atoms with Crippen molar-refractivity contribution in [3.63, 3.8) is 0 Å². The molecule has 1 N–H and O–H groups in total. The highest BCUT2D eigenvalue weighted by molar-refractivity contribution is 5.48. The molecule has 15 heavy (non-hydrogen) atoms. The summed E-state index contributed by atoms with van der Waals surface area (Å²) in [6, 6.07) is 1.44. The fourth-order valence-electron chi connectivity index (χ4n) is 1.11. The van der Waals surface area contributed by atoms with Crippen molar-refractivity contribution in [2.24, 2.45) is 0 Å². The molecule has 1 heterocycles. The maximum absolute atomic E-state index is 10.6. The largest absolute Gasteiger partial charge is 0.370 e. The zero-order valence-corrected chi connectivity index (χ0v) is 8.56. The molecule has 0 atom stereocenters. The summed E-state index contributed by atoms with van der Waals surface area (Å²) in [6.07, 6.45) is 4.06. The summed E-state index contributed by atoms with van der Waals surface area (Å²) in [4.78, 5) is 14.3. The number of aryl methyl sites for hydroxylation is 1. The van der Waals surface area contributed by atoms with Crippen molar-refractivity contribution < 1.29 is 4.92 Å². The van der Waals surface area contributed by atoms with Crippen LogP contribution < -0.4 is 5.32 Å². The maximum Gasteiger partial charge on any atom is 0.277 e. The van der Waals surface area contributed by atoms with Crippen molar-refractivity contribution in [1.29, 1.82) is 0 Å². The molecule has 0 saturated carbocycles. The summed E-state index contributed by atoms with van der Waals surface area (Å²) < 4.78 is 0. The molecule has 1 aromatic rings. The molecule has 5 heteroatoms. The van der Waals surface area contributed by atoms with Crippen molar-refractivity contribution in [2.45, 2.75) is 13.3 Å². The predicted molar refractivity (Wildman–Crippen MR) is 58.9 cm³/mol. The van der Waals surface area contributed by atoms with Crippen molar-refractivity contribution in [1.82, 2.24) is 4.98 Å². The van der Waals surface area contributed by atoms with Gasteiger partial charge in [-0.3, -0.25) is 10.1 Å². The van der Waals surface area contributed by atoms with Gasteiger partial charge in [0.15, 0.2) is 0 Å². The molecule has 0 unspecified atom stereocenters. The second-order valence-electron chi connectivity index (χ2n) is 3.12. The summed E-state index contributed by atoms with van der Waals surface area (Å²) in [5.74, 6) is 0.522. The van der Waals surface area contributed by atoms with Gasteiger partial charge in [0.25, 0.3) is 5.69 Å². The molecule has 0 radical (unpaired) electrons. The number of nitrogens with zero attached hydrogens (tertiary/aromatic N) is 2. The van der Waals surface area contributed by atoms with Gasteiger partial charge >= 0.3 is 0 Å². The highest BCUT2D eigenvalue weighted by Crippen LogP contribution is 2.19. The molecule has 0 bridgehead atoms. The monoisotopic (exact) mass is 207 g/mol. The van der Waals surface area contributed by atoms with Gasteiger partial charge < -0.3 is 5.32 Å². The number of nitrogens with one attached hydrogen (secondary N) is 1. The summed E-state index contributed by atoms with van der Waals surface area (Å²) in [5, 5.41) is 13.6. The first kappa shape index (κ1) is 11.2. The van der Waals surface area contributed by atoms with E-state index in [9.17, 15) is 10.1 Å². The summed E-state index contributed by atoms with van der Waals surface area (Å²) in [5.41, 5.74) is 0.653. The Bertz CT molecular complexity index is 377. The Morgan fingerprint density at radius 3 is 3.07 bits per heavy atom. The second-order valence-corrected chi connectivity index (χ2v) is 3.12. The highest BCUT2D eigenvalue weighted by atomic mass is 16.6. The first-order valence-electron chi connectivity index (χ1n) is 4.61. The fraction of sp³-hybridized carbons (Fsp3) is 0.300. The second kappa shape index (κ2) is 5.09. The lowest BCUT2D eigenvalue weighted by molar-refractivity contribution is -0.385. The smallest absolute Gasteiger partial charge is 0.277 e. The number of hydrogen-bond acceptors (Lipinski definition) is 4. The molecule has 1 aromatic heterocycles. The fourth-order valence-corrected chi connectivity index (χ4v) is 1.11. The van der Waals surface area contributed by atoms with Gasteiger partial charge in [0.05, 0.1) is 11.0 Å². The molecule has 0 aliphatic carbocycles. The van der Waals surface area contributed by atoms with Gasteiger partial charge in [0, 0.05) is 18.3 Å². The third kappa shape index (κ3) is 3.05. The van der Waals surface area contributed by atoms with Crippen LogP contribution in [0.15, 0.2) is 24.9 Å². The van der Waals surface area contributed by atoms with Gasteiger partial charge in [-0.25, -0.2) is 4.98 Å². The molecule has 0 amide bonds. The lowest BCUT2D eigenvalue weighted by Crippen LogP contribution is -2.03. The van der Waals surface area contributed by atoms with E-state index in [0.29, 0.717) is 17.9 Å². The van der Waals surface area contributed by atoms with Gasteiger partial charge in [-0.15, -0.1) is 6.58 Å². The SMILES string of the molecule is C=CCCNc1cc([N+](=O)[O-])c(C)cn1. The third-order valence-electron chi connectivity index (χ3n) is 1.93. The Morgan fingerprint density at radius 2 is 2.47 bits per heavy atom. The molecule has 0 aromatic carbocycles. The van der Waals surface area contributed by atoms with E-state index in [1.165, 1.54) is 12.3 Å². The zero-order chi connectivity index (χ0) is 11.3. The zero-order valence-electron chi connectivity index (χ0n) is 8.56. The lowest BCUT2D eigenvalue weighted by atomic mass is 10.2. The minimum Gasteiger partial charge on any atom is -0.370 e. The summed E-state index contributed by atoms with van der Waals surface area (Å²) in [7, 11) is 0. The molecule has 0 aliphatic heterocycles. The quantitative estimate of drug-likeness (QED) is 0.348. The standard InChI is InChI=1S/C10H13N3O2/c1-3-4-5-11-10-6-9(13(14)15)8(2)7-12-10/h3,6-7H,1,4-5H2,2H3,(H,11,12). The van der Waals surface area contributed by atoms with Crippen molar-refractivity contribution >= 4 is 11.5 Å². The van der Waals surface area contributed by atoms with Gasteiger partial charge in [-0.2, -0.15) is 0 Å². The van der Waals surface area contributed by atoms with Crippen LogP contribution in [-0.2, 0) is 0 Å². The van der Waals surface area contributed by atoms with Gasteiger partial charge in [-0.05, 0) is 13.3 Å².